The van der Waals surface area contributed by atoms with Crippen molar-refractivity contribution in [2.75, 3.05) is 17.1 Å². The molecular formula is C25H33Cl2N3O4S. The minimum Gasteiger partial charge on any atom is -0.352 e. The zero-order valence-electron chi connectivity index (χ0n) is 20.9. The van der Waals surface area contributed by atoms with Crippen molar-refractivity contribution in [1.29, 1.82) is 0 Å². The first-order valence-corrected chi connectivity index (χ1v) is 13.9. The lowest BCUT2D eigenvalue weighted by Gasteiger charge is -2.34. The second-order valence-electron chi connectivity index (χ2n) is 8.87. The van der Waals surface area contributed by atoms with Crippen LogP contribution in [-0.2, 0) is 26.2 Å². The second-order valence-corrected chi connectivity index (χ2v) is 11.6. The average molecular weight is 543 g/mol. The van der Waals surface area contributed by atoms with Gasteiger partial charge in [0.05, 0.1) is 22.0 Å². The fraction of sp³-hybridized carbons (Fsp3) is 0.440. The number of nitrogens with one attached hydrogen (secondary N) is 1. The van der Waals surface area contributed by atoms with E-state index in [0.29, 0.717) is 27.7 Å². The number of amides is 2. The molecule has 2 rings (SSSR count). The molecule has 0 saturated heterocycles. The number of nitrogens with zero attached hydrogens (tertiary/aromatic N) is 2. The van der Waals surface area contributed by atoms with E-state index in [1.165, 1.54) is 4.90 Å². The molecule has 10 heteroatoms. The quantitative estimate of drug-likeness (QED) is 0.471. The first-order chi connectivity index (χ1) is 16.3. The van der Waals surface area contributed by atoms with Crippen LogP contribution in [-0.4, -0.2) is 50.0 Å². The van der Waals surface area contributed by atoms with Gasteiger partial charge in [-0.2, -0.15) is 0 Å². The molecular weight excluding hydrogens is 509 g/mol. The summed E-state index contributed by atoms with van der Waals surface area (Å²) in [5.74, 6) is -0.816. The third-order valence-electron chi connectivity index (χ3n) is 5.52. The van der Waals surface area contributed by atoms with E-state index >= 15 is 0 Å². The third-order valence-corrected chi connectivity index (χ3v) is 7.37. The van der Waals surface area contributed by atoms with Gasteiger partial charge in [0, 0.05) is 12.6 Å². The molecule has 7 nitrogen and oxygen atoms in total. The second kappa shape index (κ2) is 12.1. The summed E-state index contributed by atoms with van der Waals surface area (Å²) < 4.78 is 26.7. The number of carbonyl (C=O) groups is 2. The van der Waals surface area contributed by atoms with Crippen LogP contribution in [0.25, 0.3) is 0 Å². The van der Waals surface area contributed by atoms with Crippen molar-refractivity contribution in [1.82, 2.24) is 10.2 Å². The van der Waals surface area contributed by atoms with Gasteiger partial charge in [-0.05, 0) is 62.9 Å². The first-order valence-electron chi connectivity index (χ1n) is 11.3. The van der Waals surface area contributed by atoms with Crippen LogP contribution in [0.4, 0.5) is 5.69 Å². The van der Waals surface area contributed by atoms with Gasteiger partial charge in [0.15, 0.2) is 0 Å². The standard InChI is InChI=1S/C25H33Cl2N3O4S/c1-7-22(25(32)28-16(2)3)29(14-19-11-12-20(26)21(27)13-19)23(31)15-30(35(6,33)34)24-17(4)9-8-10-18(24)5/h8-13,16,22H,7,14-15H2,1-6H3,(H,28,32)/t22-/m0/s1. The van der Waals surface area contributed by atoms with Gasteiger partial charge in [0.25, 0.3) is 0 Å². The normalized spacial score (nSPS) is 12.4. The zero-order chi connectivity index (χ0) is 26.5. The molecule has 35 heavy (non-hydrogen) atoms. The number of para-hydroxylation sites is 1. The van der Waals surface area contributed by atoms with Crippen molar-refractivity contribution < 1.29 is 18.0 Å². The number of anilines is 1. The van der Waals surface area contributed by atoms with E-state index in [1.807, 2.05) is 19.9 Å². The Morgan fingerprint density at radius 1 is 1.03 bits per heavy atom. The Kier molecular flexibility index (Phi) is 10.0. The predicted molar refractivity (Wildman–Crippen MR) is 142 cm³/mol. The van der Waals surface area contributed by atoms with E-state index in [2.05, 4.69) is 5.32 Å². The van der Waals surface area contributed by atoms with Crippen molar-refractivity contribution in [3.63, 3.8) is 0 Å². The Balaban J connectivity index is 2.52. The molecule has 0 aliphatic carbocycles. The molecule has 0 aliphatic heterocycles. The number of halogens is 2. The van der Waals surface area contributed by atoms with Crippen LogP contribution < -0.4 is 9.62 Å². The highest BCUT2D eigenvalue weighted by atomic mass is 35.5. The number of hydrogen-bond donors (Lipinski definition) is 1. The van der Waals surface area contributed by atoms with Crippen LogP contribution in [0.5, 0.6) is 0 Å². The van der Waals surface area contributed by atoms with Gasteiger partial charge in [-0.15, -0.1) is 0 Å². The Morgan fingerprint density at radius 3 is 2.11 bits per heavy atom. The maximum atomic E-state index is 13.7. The minimum atomic E-state index is -3.80. The number of aryl methyl sites for hydroxylation is 2. The van der Waals surface area contributed by atoms with E-state index in [9.17, 15) is 18.0 Å². The highest BCUT2D eigenvalue weighted by Gasteiger charge is 2.32. The largest absolute Gasteiger partial charge is 0.352 e. The number of carbonyl (C=O) groups excluding carboxylic acids is 2. The molecule has 2 amide bonds. The van der Waals surface area contributed by atoms with E-state index in [4.69, 9.17) is 23.2 Å². The molecule has 2 aromatic carbocycles. The molecule has 0 radical (unpaired) electrons. The summed E-state index contributed by atoms with van der Waals surface area (Å²) in [6.45, 7) is 8.68. The highest BCUT2D eigenvalue weighted by molar-refractivity contribution is 7.92. The van der Waals surface area contributed by atoms with Gasteiger partial charge < -0.3 is 10.2 Å². The van der Waals surface area contributed by atoms with Crippen LogP contribution in [0.15, 0.2) is 36.4 Å². The Morgan fingerprint density at radius 2 is 1.63 bits per heavy atom. The maximum absolute atomic E-state index is 13.7. The molecule has 0 aromatic heterocycles. The van der Waals surface area contributed by atoms with E-state index in [0.717, 1.165) is 21.7 Å². The molecule has 0 heterocycles. The SMILES string of the molecule is CC[C@@H](C(=O)NC(C)C)N(Cc1ccc(Cl)c(Cl)c1)C(=O)CN(c1c(C)cccc1C)S(C)(=O)=O. The number of sulfonamides is 1. The first kappa shape index (κ1) is 28.9. The molecule has 1 N–H and O–H groups in total. The summed E-state index contributed by atoms with van der Waals surface area (Å²) in [4.78, 5) is 28.1. The lowest BCUT2D eigenvalue weighted by Crippen LogP contribution is -2.53. The fourth-order valence-corrected chi connectivity index (χ4v) is 5.20. The predicted octanol–water partition coefficient (Wildman–Crippen LogP) is 4.71. The van der Waals surface area contributed by atoms with E-state index in [-0.39, 0.29) is 18.5 Å². The zero-order valence-corrected chi connectivity index (χ0v) is 23.3. The molecule has 0 aliphatic rings. The minimum absolute atomic E-state index is 0.0596. The molecule has 0 unspecified atom stereocenters. The van der Waals surface area contributed by atoms with Gasteiger partial charge in [0.1, 0.15) is 12.6 Å². The molecule has 1 atom stereocenters. The van der Waals surface area contributed by atoms with Crippen molar-refractivity contribution in [3.05, 3.63) is 63.1 Å². The van der Waals surface area contributed by atoms with Crippen LogP contribution >= 0.6 is 23.2 Å². The number of rotatable bonds is 10. The summed E-state index contributed by atoms with van der Waals surface area (Å²) in [7, 11) is -3.80. The van der Waals surface area contributed by atoms with Gasteiger partial charge in [-0.25, -0.2) is 8.42 Å². The van der Waals surface area contributed by atoms with Crippen molar-refractivity contribution >= 4 is 50.7 Å². The van der Waals surface area contributed by atoms with Crippen molar-refractivity contribution in [2.24, 2.45) is 0 Å². The monoisotopic (exact) mass is 541 g/mol. The summed E-state index contributed by atoms with van der Waals surface area (Å²) >= 11 is 12.2. The average Bonchev–Trinajstić information content (AvgIpc) is 2.73. The molecule has 192 valence electrons. The molecule has 0 bridgehead atoms. The highest BCUT2D eigenvalue weighted by Crippen LogP contribution is 2.28. The molecule has 0 spiro atoms. The van der Waals surface area contributed by atoms with Gasteiger partial charge in [-0.3, -0.25) is 13.9 Å². The van der Waals surface area contributed by atoms with Crippen LogP contribution in [0, 0.1) is 13.8 Å². The Labute approximate surface area is 218 Å². The topological polar surface area (TPSA) is 86.8 Å². The third kappa shape index (κ3) is 7.59. The Hall–Kier alpha value is -2.29. The number of hydrogen-bond acceptors (Lipinski definition) is 4. The van der Waals surface area contributed by atoms with Crippen molar-refractivity contribution in [3.8, 4) is 0 Å². The van der Waals surface area contributed by atoms with Gasteiger partial charge in [-0.1, -0.05) is 54.4 Å². The Bertz CT molecular complexity index is 1160. The van der Waals surface area contributed by atoms with Gasteiger partial charge in [0.2, 0.25) is 21.8 Å². The summed E-state index contributed by atoms with van der Waals surface area (Å²) in [6.07, 6.45) is 1.41. The smallest absolute Gasteiger partial charge is 0.244 e. The van der Waals surface area contributed by atoms with Crippen LogP contribution in [0.3, 0.4) is 0 Å². The van der Waals surface area contributed by atoms with E-state index in [1.54, 1.807) is 51.1 Å². The number of benzene rings is 2. The van der Waals surface area contributed by atoms with Crippen molar-refractivity contribution in [2.45, 2.75) is 59.7 Å². The maximum Gasteiger partial charge on any atom is 0.244 e. The lowest BCUT2D eigenvalue weighted by molar-refractivity contribution is -0.140. The molecule has 0 fully saturated rings. The van der Waals surface area contributed by atoms with Crippen LogP contribution in [0.2, 0.25) is 10.0 Å². The van der Waals surface area contributed by atoms with Crippen LogP contribution in [0.1, 0.15) is 43.9 Å². The summed E-state index contributed by atoms with van der Waals surface area (Å²) in [5, 5.41) is 3.55. The summed E-state index contributed by atoms with van der Waals surface area (Å²) in [5.41, 5.74) is 2.58. The lowest BCUT2D eigenvalue weighted by atomic mass is 10.1. The fourth-order valence-electron chi connectivity index (χ4n) is 3.91. The molecule has 0 saturated carbocycles. The van der Waals surface area contributed by atoms with E-state index < -0.39 is 28.5 Å². The van der Waals surface area contributed by atoms with Gasteiger partial charge >= 0.3 is 0 Å². The molecule has 2 aromatic rings. The summed E-state index contributed by atoms with van der Waals surface area (Å²) in [6, 6.07) is 9.47.